The molecule has 15 heavy (non-hydrogen) atoms. The van der Waals surface area contributed by atoms with Crippen molar-refractivity contribution in [3.05, 3.63) is 0 Å². The van der Waals surface area contributed by atoms with Crippen LogP contribution >= 0.6 is 0 Å². The third-order valence-corrected chi connectivity index (χ3v) is 12.4. The smallest absolute Gasteiger partial charge is 0.322 e. The highest BCUT2D eigenvalue weighted by molar-refractivity contribution is 6.82. The van der Waals surface area contributed by atoms with Gasteiger partial charge in [-0.25, -0.2) is 0 Å². The van der Waals surface area contributed by atoms with E-state index in [-0.39, 0.29) is 0 Å². The van der Waals surface area contributed by atoms with Crippen LogP contribution in [0.5, 0.6) is 0 Å². The Kier molecular flexibility index (Phi) is 4.75. The summed E-state index contributed by atoms with van der Waals surface area (Å²) in [5, 5.41) is 0. The maximum absolute atomic E-state index is 6.16. The zero-order valence-corrected chi connectivity index (χ0v) is 13.8. The molecule has 0 aromatic carbocycles. The van der Waals surface area contributed by atoms with E-state index in [0.29, 0.717) is 0 Å². The lowest BCUT2D eigenvalue weighted by Gasteiger charge is -2.35. The Bertz CT molecular complexity index is 209. The molecule has 6 heteroatoms. The largest absolute Gasteiger partial charge is 0.439 e. The van der Waals surface area contributed by atoms with Crippen molar-refractivity contribution in [3.63, 3.8) is 0 Å². The number of rotatable bonds is 0. The second kappa shape index (κ2) is 5.24. The van der Waals surface area contributed by atoms with E-state index in [1.807, 2.05) is 0 Å². The van der Waals surface area contributed by atoms with Crippen LogP contribution in [-0.4, -0.2) is 32.8 Å². The predicted octanol–water partition coefficient (Wildman–Crippen LogP) is 2.59. The highest BCUT2D eigenvalue weighted by atomic mass is 28.5. The van der Waals surface area contributed by atoms with Crippen LogP contribution in [0.2, 0.25) is 38.8 Å². The third-order valence-electron chi connectivity index (χ3n) is 2.43. The molecular formula is C9H24O3Si3. The molecule has 0 amide bonds. The van der Waals surface area contributed by atoms with Gasteiger partial charge in [-0.3, -0.25) is 0 Å². The molecule has 1 atom stereocenters. The van der Waals surface area contributed by atoms with Crippen molar-refractivity contribution in [2.45, 2.75) is 51.6 Å². The van der Waals surface area contributed by atoms with Crippen molar-refractivity contribution in [1.29, 1.82) is 0 Å². The average Bonchev–Trinajstić information content (AvgIpc) is 1.98. The van der Waals surface area contributed by atoms with Gasteiger partial charge in [-0.2, -0.15) is 0 Å². The van der Waals surface area contributed by atoms with Gasteiger partial charge in [0.25, 0.3) is 0 Å². The normalized spacial score (nSPS) is 32.2. The van der Waals surface area contributed by atoms with Crippen molar-refractivity contribution in [2.24, 2.45) is 0 Å². The summed E-state index contributed by atoms with van der Waals surface area (Å²) in [4.78, 5) is 0. The van der Waals surface area contributed by atoms with Crippen molar-refractivity contribution < 1.29 is 12.7 Å². The Morgan fingerprint density at radius 3 is 2.33 bits per heavy atom. The molecule has 1 fully saturated rings. The van der Waals surface area contributed by atoms with Crippen molar-refractivity contribution in [1.82, 2.24) is 0 Å². The molecule has 1 rings (SSSR count). The molecule has 1 heterocycles. The lowest BCUT2D eigenvalue weighted by atomic mass is 10.4. The van der Waals surface area contributed by atoms with Crippen LogP contribution in [0.1, 0.15) is 12.8 Å². The van der Waals surface area contributed by atoms with Gasteiger partial charge in [-0.15, -0.1) is 0 Å². The van der Waals surface area contributed by atoms with Gasteiger partial charge in [0.15, 0.2) is 9.04 Å². The second-order valence-corrected chi connectivity index (χ2v) is 15.0. The third kappa shape index (κ3) is 5.41. The lowest BCUT2D eigenvalue weighted by molar-refractivity contribution is 0.223. The summed E-state index contributed by atoms with van der Waals surface area (Å²) in [6, 6.07) is 1.26. The summed E-state index contributed by atoms with van der Waals surface area (Å²) in [5.74, 6) is 0. The van der Waals surface area contributed by atoms with Crippen LogP contribution in [0.15, 0.2) is 0 Å². The fraction of sp³-hybridized carbons (Fsp3) is 1.00. The topological polar surface area (TPSA) is 27.7 Å². The van der Waals surface area contributed by atoms with Gasteiger partial charge in [0.1, 0.15) is 0 Å². The zero-order chi connectivity index (χ0) is 11.5. The van der Waals surface area contributed by atoms with Crippen LogP contribution in [0, 0.1) is 0 Å². The van der Waals surface area contributed by atoms with E-state index in [1.54, 1.807) is 0 Å². The van der Waals surface area contributed by atoms with Crippen LogP contribution in [0.25, 0.3) is 0 Å². The van der Waals surface area contributed by atoms with E-state index in [2.05, 4.69) is 32.7 Å². The molecule has 0 aromatic heterocycles. The Morgan fingerprint density at radius 2 is 1.67 bits per heavy atom. The molecule has 0 N–H and O–H groups in total. The van der Waals surface area contributed by atoms with E-state index in [4.69, 9.17) is 12.7 Å². The molecule has 3 nitrogen and oxygen atoms in total. The molecule has 0 radical (unpaired) electrons. The monoisotopic (exact) mass is 264 g/mol. The summed E-state index contributed by atoms with van der Waals surface area (Å²) >= 11 is 0. The van der Waals surface area contributed by atoms with E-state index >= 15 is 0 Å². The van der Waals surface area contributed by atoms with Crippen LogP contribution < -0.4 is 0 Å². The Morgan fingerprint density at radius 1 is 1.00 bits per heavy atom. The zero-order valence-electron chi connectivity index (χ0n) is 10.6. The van der Waals surface area contributed by atoms with E-state index < -0.39 is 26.2 Å². The molecule has 90 valence electrons. The molecule has 1 saturated heterocycles. The van der Waals surface area contributed by atoms with Gasteiger partial charge >= 0.3 is 17.1 Å². The van der Waals surface area contributed by atoms with Gasteiger partial charge in [-0.1, -0.05) is 6.42 Å². The van der Waals surface area contributed by atoms with Crippen molar-refractivity contribution >= 4 is 26.2 Å². The molecule has 0 bridgehead atoms. The first-order valence-electron chi connectivity index (χ1n) is 5.83. The van der Waals surface area contributed by atoms with Gasteiger partial charge < -0.3 is 12.7 Å². The highest BCUT2D eigenvalue weighted by Gasteiger charge is 2.37. The maximum atomic E-state index is 6.16. The number of hydrogen-bond donors (Lipinski definition) is 0. The van der Waals surface area contributed by atoms with Gasteiger partial charge in [0.2, 0.25) is 0 Å². The van der Waals surface area contributed by atoms with Crippen molar-refractivity contribution in [3.8, 4) is 0 Å². The van der Waals surface area contributed by atoms with E-state index in [1.165, 1.54) is 12.5 Å². The van der Waals surface area contributed by atoms with Gasteiger partial charge in [-0.05, 0) is 45.2 Å². The minimum Gasteiger partial charge on any atom is -0.439 e. The summed E-state index contributed by atoms with van der Waals surface area (Å²) < 4.78 is 18.2. The van der Waals surface area contributed by atoms with Gasteiger partial charge in [0, 0.05) is 6.61 Å². The summed E-state index contributed by atoms with van der Waals surface area (Å²) in [6.45, 7) is 11.7. The molecule has 0 aliphatic carbocycles. The first-order valence-corrected chi connectivity index (χ1v) is 13.9. The first kappa shape index (κ1) is 13.6. The Hall–Kier alpha value is 0.531. The molecular weight excluding hydrogens is 240 g/mol. The SMILES string of the molecule is C[SiH]1CCCCO[Si](C)(C)O[Si](C)(C)O1. The Balaban J connectivity index is 2.64. The maximum Gasteiger partial charge on any atom is 0.322 e. The molecule has 0 spiro atoms. The second-order valence-electron chi connectivity index (χ2n) is 5.17. The fourth-order valence-electron chi connectivity index (χ4n) is 2.04. The molecule has 0 aromatic rings. The average molecular weight is 265 g/mol. The Labute approximate surface area is 97.3 Å². The lowest BCUT2D eigenvalue weighted by Crippen LogP contribution is -2.51. The van der Waals surface area contributed by atoms with Crippen molar-refractivity contribution in [2.75, 3.05) is 6.61 Å². The fourth-order valence-corrected chi connectivity index (χ4v) is 13.5. The van der Waals surface area contributed by atoms with E-state index in [9.17, 15) is 0 Å². The molecule has 1 aliphatic rings. The number of hydrogen-bond acceptors (Lipinski definition) is 3. The highest BCUT2D eigenvalue weighted by Crippen LogP contribution is 2.21. The quantitative estimate of drug-likeness (QED) is 0.630. The molecule has 1 aliphatic heterocycles. The molecule has 1 unspecified atom stereocenters. The van der Waals surface area contributed by atoms with E-state index in [0.717, 1.165) is 13.0 Å². The standard InChI is InChI=1S/C9H24O3Si3/c1-13-9-7-6-8-10-14(2,3)12-15(4,5)11-13/h13H,6-9H2,1-5H3. The predicted molar refractivity (Wildman–Crippen MR) is 70.1 cm³/mol. The molecule has 0 saturated carbocycles. The summed E-state index contributed by atoms with van der Waals surface area (Å²) in [6.07, 6.45) is 2.41. The minimum absolute atomic E-state index is 0.866. The summed E-state index contributed by atoms with van der Waals surface area (Å²) in [7, 11) is -4.86. The van der Waals surface area contributed by atoms with Gasteiger partial charge in [0.05, 0.1) is 0 Å². The van der Waals surface area contributed by atoms with Crippen LogP contribution in [0.4, 0.5) is 0 Å². The first-order chi connectivity index (χ1) is 6.81. The minimum atomic E-state index is -1.93. The van der Waals surface area contributed by atoms with Crippen LogP contribution in [-0.2, 0) is 12.7 Å². The summed E-state index contributed by atoms with van der Waals surface area (Å²) in [5.41, 5.74) is 0. The van der Waals surface area contributed by atoms with Crippen LogP contribution in [0.3, 0.4) is 0 Å².